The Labute approximate surface area is 136 Å². The molecule has 1 aromatic rings. The summed E-state index contributed by atoms with van der Waals surface area (Å²) in [4.78, 5) is 27.1. The lowest BCUT2D eigenvalue weighted by atomic mass is 10.0. The monoisotopic (exact) mass is 321 g/mol. The average molecular weight is 321 g/mol. The van der Waals surface area contributed by atoms with Crippen LogP contribution in [-0.4, -0.2) is 48.9 Å². The Balaban J connectivity index is 2.00. The van der Waals surface area contributed by atoms with Crippen LogP contribution in [0.1, 0.15) is 31.4 Å². The Morgan fingerprint density at radius 1 is 1.35 bits per heavy atom. The first kappa shape index (κ1) is 17.2. The van der Waals surface area contributed by atoms with Crippen molar-refractivity contribution in [1.82, 2.24) is 15.1 Å². The van der Waals surface area contributed by atoms with E-state index in [1.54, 1.807) is 37.2 Å². The number of benzene rings is 1. The van der Waals surface area contributed by atoms with Gasteiger partial charge in [-0.25, -0.2) is 9.18 Å². The molecule has 0 bridgehead atoms. The van der Waals surface area contributed by atoms with E-state index in [-0.39, 0.29) is 36.8 Å². The lowest BCUT2D eigenvalue weighted by molar-refractivity contribution is -0.128. The van der Waals surface area contributed by atoms with Crippen molar-refractivity contribution >= 4 is 11.9 Å². The zero-order chi connectivity index (χ0) is 17.0. The van der Waals surface area contributed by atoms with Crippen molar-refractivity contribution in [3.8, 4) is 0 Å². The second-order valence-electron chi connectivity index (χ2n) is 6.30. The highest BCUT2D eigenvalue weighted by atomic mass is 19.1. The maximum Gasteiger partial charge on any atom is 0.317 e. The van der Waals surface area contributed by atoms with E-state index in [0.717, 1.165) is 6.42 Å². The fourth-order valence-corrected chi connectivity index (χ4v) is 2.91. The van der Waals surface area contributed by atoms with Crippen molar-refractivity contribution in [3.63, 3.8) is 0 Å². The van der Waals surface area contributed by atoms with Crippen molar-refractivity contribution < 1.29 is 14.0 Å². The molecule has 23 heavy (non-hydrogen) atoms. The number of nitrogens with zero attached hydrogens (tertiary/aromatic N) is 2. The lowest BCUT2D eigenvalue weighted by Crippen LogP contribution is -2.41. The summed E-state index contributed by atoms with van der Waals surface area (Å²) in [6, 6.07) is 6.09. The van der Waals surface area contributed by atoms with Crippen molar-refractivity contribution in [2.45, 2.75) is 25.8 Å². The number of amides is 3. The maximum absolute atomic E-state index is 14.0. The van der Waals surface area contributed by atoms with Crippen LogP contribution >= 0.6 is 0 Å². The van der Waals surface area contributed by atoms with Crippen LogP contribution in [0.25, 0.3) is 0 Å². The third-order valence-electron chi connectivity index (χ3n) is 4.15. The van der Waals surface area contributed by atoms with E-state index in [2.05, 4.69) is 12.2 Å². The molecule has 1 aliphatic rings. The molecule has 0 aromatic heterocycles. The van der Waals surface area contributed by atoms with Crippen molar-refractivity contribution in [2.75, 3.05) is 27.2 Å². The summed E-state index contributed by atoms with van der Waals surface area (Å²) >= 11 is 0. The first-order valence-electron chi connectivity index (χ1n) is 7.89. The summed E-state index contributed by atoms with van der Waals surface area (Å²) in [5.74, 6) is -0.00769. The number of nitrogens with one attached hydrogen (secondary N) is 1. The summed E-state index contributed by atoms with van der Waals surface area (Å²) in [6.45, 7) is 2.92. The van der Waals surface area contributed by atoms with Gasteiger partial charge < -0.3 is 15.1 Å². The normalized spacial score (nSPS) is 20.4. The number of hydrogen-bond donors (Lipinski definition) is 1. The van der Waals surface area contributed by atoms with Crippen LogP contribution in [0.5, 0.6) is 0 Å². The number of carbonyl (C=O) groups excluding carboxylic acids is 2. The summed E-state index contributed by atoms with van der Waals surface area (Å²) in [5, 5.41) is 2.77. The van der Waals surface area contributed by atoms with Gasteiger partial charge in [-0.1, -0.05) is 25.1 Å². The van der Waals surface area contributed by atoms with Crippen LogP contribution in [-0.2, 0) is 4.79 Å². The van der Waals surface area contributed by atoms with Crippen LogP contribution in [0.2, 0.25) is 0 Å². The SMILES string of the molecule is C[C@@H]1C[C@@H](c2ccccc2F)N(C(=O)NCCC(=O)N(C)C)C1. The molecule has 0 saturated carbocycles. The Hall–Kier alpha value is -2.11. The molecular formula is C17H24FN3O2. The molecular weight excluding hydrogens is 297 g/mol. The first-order chi connectivity index (χ1) is 10.9. The molecule has 0 unspecified atom stereocenters. The fraction of sp³-hybridized carbons (Fsp3) is 0.529. The highest BCUT2D eigenvalue weighted by Crippen LogP contribution is 2.36. The molecule has 1 aliphatic heterocycles. The number of halogens is 1. The molecule has 0 radical (unpaired) electrons. The van der Waals surface area contributed by atoms with Gasteiger partial charge in [0.15, 0.2) is 0 Å². The van der Waals surface area contributed by atoms with Gasteiger partial charge in [-0.3, -0.25) is 4.79 Å². The van der Waals surface area contributed by atoms with E-state index in [4.69, 9.17) is 0 Å². The predicted molar refractivity (Wildman–Crippen MR) is 86.3 cm³/mol. The molecule has 2 atom stereocenters. The molecule has 1 saturated heterocycles. The summed E-state index contributed by atoms with van der Waals surface area (Å²) in [6.07, 6.45) is 0.997. The highest BCUT2D eigenvalue weighted by Gasteiger charge is 2.35. The average Bonchev–Trinajstić information content (AvgIpc) is 2.89. The Morgan fingerprint density at radius 2 is 2.04 bits per heavy atom. The van der Waals surface area contributed by atoms with E-state index < -0.39 is 0 Å². The first-order valence-corrected chi connectivity index (χ1v) is 7.89. The van der Waals surface area contributed by atoms with E-state index in [9.17, 15) is 14.0 Å². The van der Waals surface area contributed by atoms with E-state index >= 15 is 0 Å². The van der Waals surface area contributed by atoms with E-state index in [1.807, 2.05) is 0 Å². The Kier molecular flexibility index (Phi) is 5.58. The van der Waals surface area contributed by atoms with Gasteiger partial charge in [0.05, 0.1) is 6.04 Å². The third kappa shape index (κ3) is 4.21. The minimum atomic E-state index is -0.285. The lowest BCUT2D eigenvalue weighted by Gasteiger charge is -2.25. The minimum Gasteiger partial charge on any atom is -0.349 e. The predicted octanol–water partition coefficient (Wildman–Crippen LogP) is 2.40. The molecule has 126 valence electrons. The number of rotatable bonds is 4. The van der Waals surface area contributed by atoms with Gasteiger partial charge >= 0.3 is 6.03 Å². The number of likely N-dealkylation sites (tertiary alicyclic amines) is 1. The van der Waals surface area contributed by atoms with E-state index in [1.165, 1.54) is 11.0 Å². The molecule has 3 amide bonds. The summed E-state index contributed by atoms with van der Waals surface area (Å²) < 4.78 is 14.0. The molecule has 2 rings (SSSR count). The van der Waals surface area contributed by atoms with Gasteiger partial charge in [-0.15, -0.1) is 0 Å². The quantitative estimate of drug-likeness (QED) is 0.926. The summed E-state index contributed by atoms with van der Waals surface area (Å²) in [7, 11) is 3.36. The molecule has 6 heteroatoms. The van der Waals surface area contributed by atoms with Gasteiger partial charge in [-0.05, 0) is 18.4 Å². The Morgan fingerprint density at radius 3 is 2.70 bits per heavy atom. The fourth-order valence-electron chi connectivity index (χ4n) is 2.91. The highest BCUT2D eigenvalue weighted by molar-refractivity contribution is 5.78. The molecule has 1 heterocycles. The van der Waals surface area contributed by atoms with E-state index in [0.29, 0.717) is 18.0 Å². The second-order valence-corrected chi connectivity index (χ2v) is 6.30. The van der Waals surface area contributed by atoms with Crippen LogP contribution in [0.15, 0.2) is 24.3 Å². The topological polar surface area (TPSA) is 52.7 Å². The van der Waals surface area contributed by atoms with Crippen LogP contribution < -0.4 is 5.32 Å². The molecule has 1 aromatic carbocycles. The minimum absolute atomic E-state index is 0.0363. The maximum atomic E-state index is 14.0. The van der Waals surface area contributed by atoms with Crippen molar-refractivity contribution in [3.05, 3.63) is 35.6 Å². The molecule has 0 aliphatic carbocycles. The largest absolute Gasteiger partial charge is 0.349 e. The van der Waals surface area contributed by atoms with Crippen LogP contribution in [0.3, 0.4) is 0 Å². The zero-order valence-electron chi connectivity index (χ0n) is 13.9. The zero-order valence-corrected chi connectivity index (χ0v) is 13.9. The second kappa shape index (κ2) is 7.44. The smallest absolute Gasteiger partial charge is 0.317 e. The van der Waals surface area contributed by atoms with Gasteiger partial charge in [0.2, 0.25) is 5.91 Å². The molecule has 1 fully saturated rings. The third-order valence-corrected chi connectivity index (χ3v) is 4.15. The van der Waals surface area contributed by atoms with Crippen molar-refractivity contribution in [1.29, 1.82) is 0 Å². The van der Waals surface area contributed by atoms with Gasteiger partial charge in [0.25, 0.3) is 0 Å². The number of carbonyl (C=O) groups is 2. The van der Waals surface area contributed by atoms with Crippen LogP contribution in [0, 0.1) is 11.7 Å². The molecule has 1 N–H and O–H groups in total. The number of urea groups is 1. The van der Waals surface area contributed by atoms with Crippen molar-refractivity contribution in [2.24, 2.45) is 5.92 Å². The molecule has 0 spiro atoms. The van der Waals surface area contributed by atoms with Gasteiger partial charge in [-0.2, -0.15) is 0 Å². The van der Waals surface area contributed by atoms with Gasteiger partial charge in [0.1, 0.15) is 5.82 Å². The molecule has 5 nitrogen and oxygen atoms in total. The Bertz CT molecular complexity index is 577. The summed E-state index contributed by atoms with van der Waals surface area (Å²) in [5.41, 5.74) is 0.552. The number of hydrogen-bond acceptors (Lipinski definition) is 2. The standard InChI is InChI=1S/C17H24FN3O2/c1-12-10-15(13-6-4-5-7-14(13)18)21(11-12)17(23)19-9-8-16(22)20(2)3/h4-7,12,15H,8-11H2,1-3H3,(H,19,23)/t12-,15+/m1/s1. The van der Waals surface area contributed by atoms with Crippen LogP contribution in [0.4, 0.5) is 9.18 Å². The van der Waals surface area contributed by atoms with Gasteiger partial charge in [0, 0.05) is 39.2 Å².